The molecule has 0 unspecified atom stereocenters. The number of rotatable bonds is 3. The Morgan fingerprint density at radius 3 is 2.31 bits per heavy atom. The molecule has 0 aliphatic heterocycles. The smallest absolute Gasteiger partial charge is 0.237 e. The third-order valence-corrected chi connectivity index (χ3v) is 5.57. The summed E-state index contributed by atoms with van der Waals surface area (Å²) in [5.74, 6) is -1.98. The molecule has 0 amide bonds. The van der Waals surface area contributed by atoms with Crippen LogP contribution in [0, 0.1) is 11.9 Å². The van der Waals surface area contributed by atoms with Crippen LogP contribution in [-0.4, -0.2) is 22.4 Å². The molecule has 0 atom stereocenters. The maximum atomic E-state index is 13.5. The van der Waals surface area contributed by atoms with Crippen LogP contribution in [0.3, 0.4) is 0 Å². The van der Waals surface area contributed by atoms with Crippen LogP contribution in [0.25, 0.3) is 22.2 Å². The van der Waals surface area contributed by atoms with E-state index in [9.17, 15) is 17.2 Å². The molecule has 26 heavy (non-hydrogen) atoms. The number of pyridine rings is 2. The van der Waals surface area contributed by atoms with Crippen LogP contribution in [0.2, 0.25) is 0 Å². The monoisotopic (exact) mass is 371 g/mol. The summed E-state index contributed by atoms with van der Waals surface area (Å²) >= 11 is 0. The minimum atomic E-state index is -3.92. The van der Waals surface area contributed by atoms with Gasteiger partial charge in [0.15, 0.2) is 5.65 Å². The zero-order valence-corrected chi connectivity index (χ0v) is 14.0. The Bertz CT molecular complexity index is 1200. The van der Waals surface area contributed by atoms with E-state index in [1.165, 1.54) is 24.5 Å². The van der Waals surface area contributed by atoms with E-state index < -0.39 is 21.9 Å². The summed E-state index contributed by atoms with van der Waals surface area (Å²) in [6.07, 6.45) is 2.77. The highest BCUT2D eigenvalue weighted by Crippen LogP contribution is 2.32. The normalized spacial score (nSPS) is 11.8. The molecule has 3 aromatic heterocycles. The van der Waals surface area contributed by atoms with Gasteiger partial charge in [0.05, 0.1) is 4.90 Å². The fourth-order valence-electron chi connectivity index (χ4n) is 2.77. The van der Waals surface area contributed by atoms with E-state index >= 15 is 0 Å². The average molecular weight is 371 g/mol. The third kappa shape index (κ3) is 2.64. The molecular weight excluding hydrogens is 360 g/mol. The molecule has 0 aliphatic rings. The van der Waals surface area contributed by atoms with Gasteiger partial charge in [0, 0.05) is 35.5 Å². The molecule has 4 rings (SSSR count). The number of benzene rings is 1. The molecule has 0 saturated heterocycles. The lowest BCUT2D eigenvalue weighted by molar-refractivity contribution is 0.513. The van der Waals surface area contributed by atoms with Gasteiger partial charge < -0.3 is 0 Å². The number of nitrogens with zero attached hydrogens (tertiary/aromatic N) is 3. The maximum Gasteiger partial charge on any atom is 0.269 e. The van der Waals surface area contributed by atoms with Gasteiger partial charge in [-0.3, -0.25) is 0 Å². The highest BCUT2D eigenvalue weighted by Gasteiger charge is 2.22. The molecule has 0 spiro atoms. The second-order valence-corrected chi connectivity index (χ2v) is 7.35. The van der Waals surface area contributed by atoms with Gasteiger partial charge in [-0.1, -0.05) is 18.2 Å². The molecule has 3 heterocycles. The summed E-state index contributed by atoms with van der Waals surface area (Å²) in [4.78, 5) is 7.30. The lowest BCUT2D eigenvalue weighted by Crippen LogP contribution is -2.12. The van der Waals surface area contributed by atoms with Crippen molar-refractivity contribution in [1.82, 2.24) is 13.9 Å². The van der Waals surface area contributed by atoms with Gasteiger partial charge in [-0.25, -0.2) is 17.4 Å². The summed E-state index contributed by atoms with van der Waals surface area (Å²) < 4.78 is 54.0. The second kappa shape index (κ2) is 5.99. The summed E-state index contributed by atoms with van der Waals surface area (Å²) in [5.41, 5.74) is 0.687. The van der Waals surface area contributed by atoms with E-state index in [1.54, 1.807) is 30.3 Å². The number of fused-ring (bicyclic) bond motifs is 1. The SMILES string of the molecule is O=S(=O)(c1ccccc1)n1cc(-c2cc(F)nc(F)c2)c2cccnc21. The van der Waals surface area contributed by atoms with Gasteiger partial charge in [-0.05, 0) is 29.8 Å². The zero-order valence-electron chi connectivity index (χ0n) is 13.2. The maximum absolute atomic E-state index is 13.5. The van der Waals surface area contributed by atoms with Crippen LogP contribution in [0.5, 0.6) is 0 Å². The van der Waals surface area contributed by atoms with E-state index in [-0.39, 0.29) is 16.1 Å². The van der Waals surface area contributed by atoms with Crippen molar-refractivity contribution in [3.05, 3.63) is 78.9 Å². The van der Waals surface area contributed by atoms with Crippen molar-refractivity contribution in [3.8, 4) is 11.1 Å². The number of hydrogen-bond donors (Lipinski definition) is 0. The predicted octanol–water partition coefficient (Wildman–Crippen LogP) is 3.61. The van der Waals surface area contributed by atoms with Crippen LogP contribution in [-0.2, 0) is 10.0 Å². The van der Waals surface area contributed by atoms with E-state index in [4.69, 9.17) is 0 Å². The highest BCUT2D eigenvalue weighted by atomic mass is 32.2. The van der Waals surface area contributed by atoms with Gasteiger partial charge in [-0.2, -0.15) is 13.8 Å². The molecule has 5 nitrogen and oxygen atoms in total. The van der Waals surface area contributed by atoms with E-state index in [0.717, 1.165) is 16.1 Å². The lowest BCUT2D eigenvalue weighted by Gasteiger charge is -2.06. The predicted molar refractivity (Wildman–Crippen MR) is 91.9 cm³/mol. The number of hydrogen-bond acceptors (Lipinski definition) is 4. The first-order chi connectivity index (χ1) is 12.5. The van der Waals surface area contributed by atoms with Gasteiger partial charge >= 0.3 is 0 Å². The molecule has 130 valence electrons. The first kappa shape index (κ1) is 16.3. The molecule has 0 aliphatic carbocycles. The Morgan fingerprint density at radius 1 is 0.923 bits per heavy atom. The summed E-state index contributed by atoms with van der Waals surface area (Å²) in [6, 6.07) is 13.2. The van der Waals surface area contributed by atoms with Crippen LogP contribution < -0.4 is 0 Å². The van der Waals surface area contributed by atoms with Crippen molar-refractivity contribution in [2.24, 2.45) is 0 Å². The van der Waals surface area contributed by atoms with Crippen LogP contribution in [0.1, 0.15) is 0 Å². The Labute approximate surface area is 147 Å². The minimum Gasteiger partial charge on any atom is -0.237 e. The minimum absolute atomic E-state index is 0.0844. The fraction of sp³-hybridized carbons (Fsp3) is 0. The first-order valence-electron chi connectivity index (χ1n) is 7.57. The topological polar surface area (TPSA) is 64.8 Å². The molecule has 1 aromatic carbocycles. The highest BCUT2D eigenvalue weighted by molar-refractivity contribution is 7.90. The standard InChI is InChI=1S/C18H11F2N3O2S/c19-16-9-12(10-17(20)22-16)15-11-23(18-14(15)7-4-8-21-18)26(24,25)13-5-2-1-3-6-13/h1-11H. The third-order valence-electron chi connectivity index (χ3n) is 3.91. The van der Waals surface area contributed by atoms with Crippen molar-refractivity contribution >= 4 is 21.1 Å². The molecule has 8 heteroatoms. The van der Waals surface area contributed by atoms with E-state index in [2.05, 4.69) is 9.97 Å². The van der Waals surface area contributed by atoms with Crippen molar-refractivity contribution in [1.29, 1.82) is 0 Å². The van der Waals surface area contributed by atoms with Crippen LogP contribution >= 0.6 is 0 Å². The molecule has 0 radical (unpaired) electrons. The molecule has 0 N–H and O–H groups in total. The fourth-order valence-corrected chi connectivity index (χ4v) is 4.12. The Kier molecular flexibility index (Phi) is 3.77. The van der Waals surface area contributed by atoms with Crippen molar-refractivity contribution in [2.75, 3.05) is 0 Å². The second-order valence-electron chi connectivity index (χ2n) is 5.53. The van der Waals surface area contributed by atoms with E-state index in [0.29, 0.717) is 10.9 Å². The molecule has 0 bridgehead atoms. The Balaban J connectivity index is 2.02. The molecule has 4 aromatic rings. The summed E-state index contributed by atoms with van der Waals surface area (Å²) in [6.45, 7) is 0. The summed E-state index contributed by atoms with van der Waals surface area (Å²) in [5, 5.41) is 0.456. The average Bonchev–Trinajstić information content (AvgIpc) is 3.02. The molecule has 0 saturated carbocycles. The van der Waals surface area contributed by atoms with E-state index in [1.807, 2.05) is 0 Å². The zero-order chi connectivity index (χ0) is 18.3. The number of aromatic nitrogens is 3. The first-order valence-corrected chi connectivity index (χ1v) is 9.01. The van der Waals surface area contributed by atoms with Crippen LogP contribution in [0.4, 0.5) is 8.78 Å². The Morgan fingerprint density at radius 2 is 1.62 bits per heavy atom. The van der Waals surface area contributed by atoms with Gasteiger partial charge in [-0.15, -0.1) is 0 Å². The molecular formula is C18H11F2N3O2S. The lowest BCUT2D eigenvalue weighted by atomic mass is 10.1. The number of halogens is 2. The quantitative estimate of drug-likeness (QED) is 0.516. The van der Waals surface area contributed by atoms with Crippen molar-refractivity contribution < 1.29 is 17.2 Å². The van der Waals surface area contributed by atoms with Gasteiger partial charge in [0.25, 0.3) is 10.0 Å². The van der Waals surface area contributed by atoms with Crippen molar-refractivity contribution in [3.63, 3.8) is 0 Å². The largest absolute Gasteiger partial charge is 0.269 e. The molecule has 0 fully saturated rings. The van der Waals surface area contributed by atoms with Crippen molar-refractivity contribution in [2.45, 2.75) is 4.90 Å². The van der Waals surface area contributed by atoms with Gasteiger partial charge in [0.2, 0.25) is 11.9 Å². The Hall–Kier alpha value is -3.13. The van der Waals surface area contributed by atoms with Gasteiger partial charge in [0.1, 0.15) is 0 Å². The summed E-state index contributed by atoms with van der Waals surface area (Å²) in [7, 11) is -3.92. The van der Waals surface area contributed by atoms with Crippen LogP contribution in [0.15, 0.2) is 71.9 Å².